The van der Waals surface area contributed by atoms with Gasteiger partial charge in [0.05, 0.1) is 11.0 Å². The van der Waals surface area contributed by atoms with Crippen LogP contribution in [-0.4, -0.2) is 26.2 Å². The predicted octanol–water partition coefficient (Wildman–Crippen LogP) is 0.963. The molecular formula is C11H17NO3S. The van der Waals surface area contributed by atoms with E-state index in [9.17, 15) is 8.42 Å². The second-order valence-corrected chi connectivity index (χ2v) is 5.79. The fraction of sp³-hybridized carbons (Fsp3) is 0.455. The lowest BCUT2D eigenvalue weighted by Crippen LogP contribution is -2.30. The molecule has 1 aromatic carbocycles. The molecule has 0 unspecified atom stereocenters. The van der Waals surface area contributed by atoms with Crippen molar-refractivity contribution in [2.45, 2.75) is 31.8 Å². The van der Waals surface area contributed by atoms with E-state index >= 15 is 0 Å². The van der Waals surface area contributed by atoms with Crippen molar-refractivity contribution in [2.75, 3.05) is 6.54 Å². The molecule has 16 heavy (non-hydrogen) atoms. The van der Waals surface area contributed by atoms with Crippen molar-refractivity contribution in [3.05, 3.63) is 29.3 Å². The van der Waals surface area contributed by atoms with E-state index < -0.39 is 16.1 Å². The van der Waals surface area contributed by atoms with Crippen molar-refractivity contribution >= 4 is 10.0 Å². The fourth-order valence-electron chi connectivity index (χ4n) is 1.40. The summed E-state index contributed by atoms with van der Waals surface area (Å²) in [5, 5.41) is 9.04. The van der Waals surface area contributed by atoms with Gasteiger partial charge in [0, 0.05) is 6.54 Å². The molecule has 90 valence electrons. The van der Waals surface area contributed by atoms with Crippen LogP contribution in [0.2, 0.25) is 0 Å². The second-order valence-electron chi connectivity index (χ2n) is 4.02. The van der Waals surface area contributed by atoms with E-state index in [-0.39, 0.29) is 11.4 Å². The van der Waals surface area contributed by atoms with E-state index in [4.69, 9.17) is 5.11 Å². The molecule has 1 rings (SSSR count). The summed E-state index contributed by atoms with van der Waals surface area (Å²) < 4.78 is 26.0. The topological polar surface area (TPSA) is 66.4 Å². The molecule has 0 aliphatic heterocycles. The van der Waals surface area contributed by atoms with Gasteiger partial charge in [-0.1, -0.05) is 6.07 Å². The van der Waals surface area contributed by atoms with Crippen LogP contribution in [-0.2, 0) is 10.0 Å². The van der Waals surface area contributed by atoms with Crippen molar-refractivity contribution in [3.8, 4) is 0 Å². The lowest BCUT2D eigenvalue weighted by Gasteiger charge is -2.09. The van der Waals surface area contributed by atoms with Gasteiger partial charge in [0.15, 0.2) is 0 Å². The first-order valence-electron chi connectivity index (χ1n) is 5.07. The Morgan fingerprint density at radius 3 is 2.19 bits per heavy atom. The van der Waals surface area contributed by atoms with Crippen LogP contribution in [0.3, 0.4) is 0 Å². The Labute approximate surface area is 96.4 Å². The third-order valence-electron chi connectivity index (χ3n) is 2.07. The standard InChI is InChI=1S/C11H17NO3S/c1-8-4-9(2)6-11(5-8)16(14,15)12-7-10(3)13/h4-6,10,12-13H,7H2,1-3H3/t10-/m0/s1. The van der Waals surface area contributed by atoms with Gasteiger partial charge in [-0.15, -0.1) is 0 Å². The molecule has 0 heterocycles. The van der Waals surface area contributed by atoms with Gasteiger partial charge in [-0.25, -0.2) is 13.1 Å². The lowest BCUT2D eigenvalue weighted by molar-refractivity contribution is 0.198. The minimum absolute atomic E-state index is 0.0231. The Balaban J connectivity index is 2.98. The van der Waals surface area contributed by atoms with E-state index in [0.717, 1.165) is 11.1 Å². The van der Waals surface area contributed by atoms with Gasteiger partial charge < -0.3 is 5.11 Å². The van der Waals surface area contributed by atoms with Crippen molar-refractivity contribution in [1.82, 2.24) is 4.72 Å². The zero-order valence-electron chi connectivity index (χ0n) is 9.69. The average Bonchev–Trinajstić information content (AvgIpc) is 2.13. The highest BCUT2D eigenvalue weighted by atomic mass is 32.2. The maximum atomic E-state index is 11.8. The summed E-state index contributed by atoms with van der Waals surface area (Å²) in [6, 6.07) is 5.13. The van der Waals surface area contributed by atoms with E-state index in [1.165, 1.54) is 6.92 Å². The van der Waals surface area contributed by atoms with Gasteiger partial charge in [-0.2, -0.15) is 0 Å². The van der Waals surface area contributed by atoms with Crippen molar-refractivity contribution in [2.24, 2.45) is 0 Å². The number of aliphatic hydroxyl groups excluding tert-OH is 1. The highest BCUT2D eigenvalue weighted by molar-refractivity contribution is 7.89. The van der Waals surface area contributed by atoms with E-state index in [0.29, 0.717) is 0 Å². The van der Waals surface area contributed by atoms with Crippen LogP contribution >= 0.6 is 0 Å². The molecule has 0 saturated heterocycles. The van der Waals surface area contributed by atoms with E-state index in [1.807, 2.05) is 19.9 Å². The third kappa shape index (κ3) is 3.59. The summed E-state index contributed by atoms with van der Waals surface area (Å²) >= 11 is 0. The summed E-state index contributed by atoms with van der Waals surface area (Å²) in [6.45, 7) is 5.25. The Hall–Kier alpha value is -0.910. The van der Waals surface area contributed by atoms with Crippen LogP contribution in [0.25, 0.3) is 0 Å². The van der Waals surface area contributed by atoms with Crippen molar-refractivity contribution in [1.29, 1.82) is 0 Å². The highest BCUT2D eigenvalue weighted by Crippen LogP contribution is 2.13. The zero-order chi connectivity index (χ0) is 12.3. The predicted molar refractivity (Wildman–Crippen MR) is 62.8 cm³/mol. The van der Waals surface area contributed by atoms with Crippen LogP contribution in [0.5, 0.6) is 0 Å². The highest BCUT2D eigenvalue weighted by Gasteiger charge is 2.14. The van der Waals surface area contributed by atoms with Gasteiger partial charge in [-0.05, 0) is 44.0 Å². The molecule has 0 saturated carbocycles. The number of sulfonamides is 1. The van der Waals surface area contributed by atoms with Crippen LogP contribution in [0, 0.1) is 13.8 Å². The summed E-state index contributed by atoms with van der Waals surface area (Å²) in [7, 11) is -3.51. The first-order chi connectivity index (χ1) is 7.31. The van der Waals surface area contributed by atoms with Gasteiger partial charge in [-0.3, -0.25) is 0 Å². The molecule has 2 N–H and O–H groups in total. The Bertz CT molecular complexity index is 446. The van der Waals surface area contributed by atoms with Crippen molar-refractivity contribution < 1.29 is 13.5 Å². The smallest absolute Gasteiger partial charge is 0.240 e. The first-order valence-corrected chi connectivity index (χ1v) is 6.55. The quantitative estimate of drug-likeness (QED) is 0.828. The number of aliphatic hydroxyl groups is 1. The van der Waals surface area contributed by atoms with Crippen molar-refractivity contribution in [3.63, 3.8) is 0 Å². The molecule has 0 aliphatic carbocycles. The van der Waals surface area contributed by atoms with Crippen LogP contribution in [0.4, 0.5) is 0 Å². The van der Waals surface area contributed by atoms with Crippen LogP contribution < -0.4 is 4.72 Å². The molecule has 0 aliphatic rings. The largest absolute Gasteiger partial charge is 0.392 e. The Morgan fingerprint density at radius 2 is 1.75 bits per heavy atom. The second kappa shape index (κ2) is 4.95. The molecule has 1 atom stereocenters. The maximum Gasteiger partial charge on any atom is 0.240 e. The monoisotopic (exact) mass is 243 g/mol. The molecule has 1 aromatic rings. The minimum atomic E-state index is -3.51. The number of hydrogen-bond acceptors (Lipinski definition) is 3. The van der Waals surface area contributed by atoms with E-state index in [1.54, 1.807) is 12.1 Å². The summed E-state index contributed by atoms with van der Waals surface area (Å²) in [4.78, 5) is 0.241. The fourth-order valence-corrected chi connectivity index (χ4v) is 2.71. The number of rotatable bonds is 4. The van der Waals surface area contributed by atoms with E-state index in [2.05, 4.69) is 4.72 Å². The zero-order valence-corrected chi connectivity index (χ0v) is 10.5. The van der Waals surface area contributed by atoms with Crippen LogP contribution in [0.1, 0.15) is 18.1 Å². The van der Waals surface area contributed by atoms with Crippen LogP contribution in [0.15, 0.2) is 23.1 Å². The minimum Gasteiger partial charge on any atom is -0.392 e. The SMILES string of the molecule is Cc1cc(C)cc(S(=O)(=O)NC[C@H](C)O)c1. The van der Waals surface area contributed by atoms with Gasteiger partial charge in [0.1, 0.15) is 0 Å². The summed E-state index contributed by atoms with van der Waals surface area (Å²) in [5.74, 6) is 0. The Kier molecular flexibility index (Phi) is 4.07. The van der Waals surface area contributed by atoms with Gasteiger partial charge in [0.25, 0.3) is 0 Å². The Morgan fingerprint density at radius 1 is 1.25 bits per heavy atom. The number of hydrogen-bond donors (Lipinski definition) is 2. The number of benzene rings is 1. The molecule has 0 bridgehead atoms. The summed E-state index contributed by atoms with van der Waals surface area (Å²) in [6.07, 6.45) is -0.694. The molecule has 0 fully saturated rings. The summed E-state index contributed by atoms with van der Waals surface area (Å²) in [5.41, 5.74) is 1.80. The molecule has 5 heteroatoms. The molecule has 0 aromatic heterocycles. The molecule has 4 nitrogen and oxygen atoms in total. The molecule has 0 amide bonds. The normalized spacial score (nSPS) is 13.8. The molecular weight excluding hydrogens is 226 g/mol. The number of aryl methyl sites for hydroxylation is 2. The first kappa shape index (κ1) is 13.2. The third-order valence-corrected chi connectivity index (χ3v) is 3.48. The average molecular weight is 243 g/mol. The number of nitrogens with one attached hydrogen (secondary N) is 1. The molecule has 0 spiro atoms. The maximum absolute atomic E-state index is 11.8. The van der Waals surface area contributed by atoms with Gasteiger partial charge >= 0.3 is 0 Å². The van der Waals surface area contributed by atoms with Gasteiger partial charge in [0.2, 0.25) is 10.0 Å². The molecule has 0 radical (unpaired) electrons. The lowest BCUT2D eigenvalue weighted by atomic mass is 10.2.